The Labute approximate surface area is 170 Å². The van der Waals surface area contributed by atoms with E-state index in [1.165, 1.54) is 22.8 Å². The van der Waals surface area contributed by atoms with E-state index in [1.807, 2.05) is 17.7 Å². The maximum atomic E-state index is 14.3. The predicted octanol–water partition coefficient (Wildman–Crippen LogP) is 3.27. The lowest BCUT2D eigenvalue weighted by atomic mass is 10.2. The van der Waals surface area contributed by atoms with Crippen molar-refractivity contribution in [2.45, 2.75) is 39.8 Å². The zero-order chi connectivity index (χ0) is 21.0. The van der Waals surface area contributed by atoms with Crippen LogP contribution in [-0.4, -0.2) is 23.1 Å². The van der Waals surface area contributed by atoms with Crippen LogP contribution < -0.4 is 11.2 Å². The smallest absolute Gasteiger partial charge is 0.311 e. The Kier molecular flexibility index (Phi) is 4.61. The molecular weight excluding hydrogens is 397 g/mol. The van der Waals surface area contributed by atoms with Crippen molar-refractivity contribution in [3.05, 3.63) is 67.3 Å². The Morgan fingerprint density at radius 2 is 2.00 bits per heavy atom. The molecule has 1 aromatic carbocycles. The first kappa shape index (κ1) is 19.4. The minimum atomic E-state index is -0.575. The fourth-order valence-corrected chi connectivity index (χ4v) is 3.96. The number of aromatic nitrogens is 5. The topological polar surface area (TPSA) is 66.2 Å². The van der Waals surface area contributed by atoms with Crippen molar-refractivity contribution >= 4 is 28.5 Å². The van der Waals surface area contributed by atoms with E-state index in [0.29, 0.717) is 11.4 Å². The second-order valence-electron chi connectivity index (χ2n) is 7.28. The van der Waals surface area contributed by atoms with Gasteiger partial charge in [0.1, 0.15) is 5.82 Å². The van der Waals surface area contributed by atoms with E-state index >= 15 is 0 Å². The molecule has 0 aliphatic rings. The number of rotatable bonds is 4. The lowest BCUT2D eigenvalue weighted by Crippen LogP contribution is -2.39. The largest absolute Gasteiger partial charge is 0.332 e. The van der Waals surface area contributed by atoms with E-state index < -0.39 is 17.1 Å². The lowest BCUT2D eigenvalue weighted by Gasteiger charge is -2.12. The highest BCUT2D eigenvalue weighted by molar-refractivity contribution is 6.31. The van der Waals surface area contributed by atoms with E-state index in [2.05, 4.69) is 18.8 Å². The Morgan fingerprint density at radius 3 is 2.66 bits per heavy atom. The molecule has 0 fully saturated rings. The van der Waals surface area contributed by atoms with Gasteiger partial charge in [-0.25, -0.2) is 9.18 Å². The van der Waals surface area contributed by atoms with Gasteiger partial charge in [0.15, 0.2) is 11.2 Å². The van der Waals surface area contributed by atoms with Crippen LogP contribution >= 0.6 is 11.6 Å². The third-order valence-electron chi connectivity index (χ3n) is 5.48. The van der Waals surface area contributed by atoms with E-state index in [9.17, 15) is 14.0 Å². The molecule has 0 unspecified atom stereocenters. The molecule has 0 bridgehead atoms. The van der Waals surface area contributed by atoms with Gasteiger partial charge in [-0.3, -0.25) is 18.3 Å². The van der Waals surface area contributed by atoms with Crippen molar-refractivity contribution in [2.24, 2.45) is 7.05 Å². The summed E-state index contributed by atoms with van der Waals surface area (Å²) in [5.41, 5.74) is 0.524. The van der Waals surface area contributed by atoms with Crippen molar-refractivity contribution in [1.29, 1.82) is 0 Å². The second kappa shape index (κ2) is 6.88. The zero-order valence-corrected chi connectivity index (χ0v) is 17.4. The Balaban J connectivity index is 2.04. The number of hydrogen-bond donors (Lipinski definition) is 0. The summed E-state index contributed by atoms with van der Waals surface area (Å²) in [5.74, 6) is 0.0318. The SMILES string of the molecule is CC[C@@H](C)n1c(C)cn2c3c(=O)n(Cc4c(F)cccc4Cl)c(=O)n(C)c3nc12. The van der Waals surface area contributed by atoms with Gasteiger partial charge in [-0.2, -0.15) is 4.98 Å². The first-order chi connectivity index (χ1) is 13.8. The second-order valence-corrected chi connectivity index (χ2v) is 7.69. The summed E-state index contributed by atoms with van der Waals surface area (Å²) in [6, 6.07) is 4.44. The van der Waals surface area contributed by atoms with Crippen LogP contribution in [0.5, 0.6) is 0 Å². The summed E-state index contributed by atoms with van der Waals surface area (Å²) in [5, 5.41) is 0.163. The van der Waals surface area contributed by atoms with Gasteiger partial charge in [-0.15, -0.1) is 0 Å². The van der Waals surface area contributed by atoms with Gasteiger partial charge in [0.25, 0.3) is 5.56 Å². The summed E-state index contributed by atoms with van der Waals surface area (Å²) in [4.78, 5) is 30.7. The number of fused-ring (bicyclic) bond motifs is 3. The molecule has 0 saturated carbocycles. The summed E-state index contributed by atoms with van der Waals surface area (Å²) in [6.45, 7) is 5.84. The lowest BCUT2D eigenvalue weighted by molar-refractivity contribution is 0.532. The number of hydrogen-bond acceptors (Lipinski definition) is 3. The van der Waals surface area contributed by atoms with Crippen LogP contribution in [0.4, 0.5) is 4.39 Å². The number of aryl methyl sites for hydroxylation is 2. The summed E-state index contributed by atoms with van der Waals surface area (Å²) < 4.78 is 20.3. The first-order valence-corrected chi connectivity index (χ1v) is 9.76. The molecule has 0 aliphatic heterocycles. The Bertz CT molecular complexity index is 1360. The molecule has 9 heteroatoms. The molecule has 3 heterocycles. The van der Waals surface area contributed by atoms with Crippen LogP contribution in [0, 0.1) is 12.7 Å². The predicted molar refractivity (Wildman–Crippen MR) is 110 cm³/mol. The summed E-state index contributed by atoms with van der Waals surface area (Å²) in [7, 11) is 1.55. The van der Waals surface area contributed by atoms with Gasteiger partial charge in [-0.1, -0.05) is 24.6 Å². The van der Waals surface area contributed by atoms with Crippen molar-refractivity contribution in [3.8, 4) is 0 Å². The van der Waals surface area contributed by atoms with Crippen LogP contribution in [0.3, 0.4) is 0 Å². The summed E-state index contributed by atoms with van der Waals surface area (Å²) in [6.07, 6.45) is 2.73. The molecular formula is C20H21ClFN5O2. The number of imidazole rings is 2. The van der Waals surface area contributed by atoms with Crippen LogP contribution in [0.1, 0.15) is 37.6 Å². The van der Waals surface area contributed by atoms with E-state index in [-0.39, 0.29) is 28.7 Å². The molecule has 0 aliphatic carbocycles. The molecule has 4 aromatic rings. The quantitative estimate of drug-likeness (QED) is 0.512. The van der Waals surface area contributed by atoms with Crippen LogP contribution in [0.25, 0.3) is 16.9 Å². The molecule has 0 saturated heterocycles. The summed E-state index contributed by atoms with van der Waals surface area (Å²) >= 11 is 6.11. The third kappa shape index (κ3) is 2.81. The Morgan fingerprint density at radius 1 is 1.28 bits per heavy atom. The molecule has 7 nitrogen and oxygen atoms in total. The van der Waals surface area contributed by atoms with Crippen LogP contribution in [0.15, 0.2) is 34.0 Å². The fraction of sp³-hybridized carbons (Fsp3) is 0.350. The minimum Gasteiger partial charge on any atom is -0.311 e. The van der Waals surface area contributed by atoms with E-state index in [1.54, 1.807) is 11.4 Å². The standard InChI is InChI=1S/C20H21ClFN5O2/c1-5-11(2)27-12(3)9-25-16-17(23-19(25)27)24(4)20(29)26(18(16)28)10-13-14(21)7-6-8-15(13)22/h6-9,11H,5,10H2,1-4H3/t11-/m1/s1. The van der Waals surface area contributed by atoms with Crippen molar-refractivity contribution in [1.82, 2.24) is 23.1 Å². The highest BCUT2D eigenvalue weighted by atomic mass is 35.5. The van der Waals surface area contributed by atoms with E-state index in [0.717, 1.165) is 16.7 Å². The fourth-order valence-electron chi connectivity index (χ4n) is 3.74. The molecule has 4 rings (SSSR count). The van der Waals surface area contributed by atoms with Gasteiger partial charge in [0.2, 0.25) is 5.78 Å². The van der Waals surface area contributed by atoms with Crippen LogP contribution in [0.2, 0.25) is 5.02 Å². The van der Waals surface area contributed by atoms with Crippen molar-refractivity contribution in [2.75, 3.05) is 0 Å². The average Bonchev–Trinajstić information content (AvgIpc) is 3.19. The molecule has 0 N–H and O–H groups in total. The van der Waals surface area contributed by atoms with E-state index in [4.69, 9.17) is 11.6 Å². The number of benzene rings is 1. The van der Waals surface area contributed by atoms with Crippen LogP contribution in [-0.2, 0) is 13.6 Å². The molecule has 152 valence electrons. The zero-order valence-electron chi connectivity index (χ0n) is 16.6. The maximum Gasteiger partial charge on any atom is 0.332 e. The van der Waals surface area contributed by atoms with Gasteiger partial charge >= 0.3 is 5.69 Å². The maximum absolute atomic E-state index is 14.3. The monoisotopic (exact) mass is 417 g/mol. The molecule has 29 heavy (non-hydrogen) atoms. The van der Waals surface area contributed by atoms with Gasteiger partial charge < -0.3 is 4.57 Å². The number of halogens is 2. The molecule has 1 atom stereocenters. The normalized spacial score (nSPS) is 12.9. The van der Waals surface area contributed by atoms with Gasteiger partial charge in [-0.05, 0) is 32.4 Å². The third-order valence-corrected chi connectivity index (χ3v) is 5.83. The van der Waals surface area contributed by atoms with Gasteiger partial charge in [0.05, 0.1) is 6.54 Å². The first-order valence-electron chi connectivity index (χ1n) is 9.38. The molecule has 3 aromatic heterocycles. The molecule has 0 amide bonds. The Hall–Kier alpha value is -2.87. The highest BCUT2D eigenvalue weighted by Crippen LogP contribution is 2.23. The van der Waals surface area contributed by atoms with Gasteiger partial charge in [0, 0.05) is 35.6 Å². The molecule has 0 spiro atoms. The van der Waals surface area contributed by atoms with Crippen molar-refractivity contribution in [3.63, 3.8) is 0 Å². The average molecular weight is 418 g/mol. The minimum absolute atomic E-state index is 0.0989. The highest BCUT2D eigenvalue weighted by Gasteiger charge is 2.22. The van der Waals surface area contributed by atoms with Crippen molar-refractivity contribution < 1.29 is 4.39 Å². The number of nitrogens with zero attached hydrogens (tertiary/aromatic N) is 5. The molecule has 0 radical (unpaired) electrons.